The Morgan fingerprint density at radius 1 is 1.15 bits per heavy atom. The minimum atomic E-state index is -0.325. The van der Waals surface area contributed by atoms with Gasteiger partial charge in [-0.25, -0.2) is 0 Å². The highest BCUT2D eigenvalue weighted by Crippen LogP contribution is 2.31. The Morgan fingerprint density at radius 3 is 2.25 bits per heavy atom. The molecule has 1 saturated heterocycles. The summed E-state index contributed by atoms with van der Waals surface area (Å²) in [6.45, 7) is 3.44. The second-order valence-electron chi connectivity index (χ2n) is 4.93. The summed E-state index contributed by atoms with van der Waals surface area (Å²) in [6, 6.07) is 5.87. The van der Waals surface area contributed by atoms with Crippen LogP contribution in [0, 0.1) is 0 Å². The fraction of sp³-hybridized carbons (Fsp3) is 0.600. The third-order valence-electron chi connectivity index (χ3n) is 3.73. The number of methoxy groups -OCH3 is 2. The molecule has 0 aromatic heterocycles. The SMILES string of the molecule is COc1cc(OC)cc([C@H](CCF)N2CCNCC2)c1. The van der Waals surface area contributed by atoms with E-state index < -0.39 is 0 Å². The van der Waals surface area contributed by atoms with E-state index in [9.17, 15) is 4.39 Å². The van der Waals surface area contributed by atoms with E-state index in [1.165, 1.54) is 0 Å². The van der Waals surface area contributed by atoms with Crippen molar-refractivity contribution >= 4 is 0 Å². The molecule has 1 atom stereocenters. The molecule has 1 aromatic carbocycles. The van der Waals surface area contributed by atoms with Crippen molar-refractivity contribution in [3.63, 3.8) is 0 Å². The first kappa shape index (κ1) is 15.1. The van der Waals surface area contributed by atoms with Crippen LogP contribution in [0.1, 0.15) is 18.0 Å². The van der Waals surface area contributed by atoms with Gasteiger partial charge in [-0.05, 0) is 24.1 Å². The molecule has 0 amide bonds. The Morgan fingerprint density at radius 2 is 1.75 bits per heavy atom. The second-order valence-corrected chi connectivity index (χ2v) is 4.93. The summed E-state index contributed by atoms with van der Waals surface area (Å²) in [5.41, 5.74) is 1.06. The number of ether oxygens (including phenoxy) is 2. The van der Waals surface area contributed by atoms with Gasteiger partial charge in [0.15, 0.2) is 0 Å². The van der Waals surface area contributed by atoms with Crippen LogP contribution in [0.3, 0.4) is 0 Å². The molecule has 1 aliphatic heterocycles. The van der Waals surface area contributed by atoms with Crippen LogP contribution < -0.4 is 14.8 Å². The summed E-state index contributed by atoms with van der Waals surface area (Å²) in [5, 5.41) is 3.32. The third kappa shape index (κ3) is 3.61. The van der Waals surface area contributed by atoms with E-state index in [0.29, 0.717) is 6.42 Å². The number of rotatable bonds is 6. The Balaban J connectivity index is 2.27. The summed E-state index contributed by atoms with van der Waals surface area (Å²) in [5.74, 6) is 1.50. The summed E-state index contributed by atoms with van der Waals surface area (Å²) in [4.78, 5) is 2.32. The average Bonchev–Trinajstić information content (AvgIpc) is 2.52. The van der Waals surface area contributed by atoms with Crippen LogP contribution in [-0.4, -0.2) is 52.0 Å². The molecule has 0 spiro atoms. The fourth-order valence-electron chi connectivity index (χ4n) is 2.68. The molecule has 0 saturated carbocycles. The van der Waals surface area contributed by atoms with E-state index in [2.05, 4.69) is 10.2 Å². The number of hydrogen-bond acceptors (Lipinski definition) is 4. The highest BCUT2D eigenvalue weighted by atomic mass is 19.1. The maximum atomic E-state index is 12.9. The highest BCUT2D eigenvalue weighted by Gasteiger charge is 2.23. The molecule has 1 aliphatic rings. The minimum absolute atomic E-state index is 0.0751. The Labute approximate surface area is 119 Å². The van der Waals surface area contributed by atoms with Crippen molar-refractivity contribution in [1.82, 2.24) is 10.2 Å². The molecule has 1 N–H and O–H groups in total. The second kappa shape index (κ2) is 7.45. The van der Waals surface area contributed by atoms with Gasteiger partial charge in [-0.15, -0.1) is 0 Å². The molecule has 1 heterocycles. The van der Waals surface area contributed by atoms with Gasteiger partial charge in [0.2, 0.25) is 0 Å². The average molecular weight is 282 g/mol. The van der Waals surface area contributed by atoms with Crippen LogP contribution >= 0.6 is 0 Å². The molecular formula is C15H23FN2O2. The maximum absolute atomic E-state index is 12.9. The van der Waals surface area contributed by atoms with Crippen LogP contribution in [-0.2, 0) is 0 Å². The first-order valence-corrected chi connectivity index (χ1v) is 7.02. The predicted octanol–water partition coefficient (Wildman–Crippen LogP) is 2.01. The zero-order valence-corrected chi connectivity index (χ0v) is 12.2. The van der Waals surface area contributed by atoms with Crippen molar-refractivity contribution < 1.29 is 13.9 Å². The zero-order chi connectivity index (χ0) is 14.4. The lowest BCUT2D eigenvalue weighted by Gasteiger charge is -2.35. The van der Waals surface area contributed by atoms with Crippen molar-refractivity contribution in [3.05, 3.63) is 23.8 Å². The number of alkyl halides is 1. The fourth-order valence-corrected chi connectivity index (χ4v) is 2.68. The van der Waals surface area contributed by atoms with E-state index in [0.717, 1.165) is 43.2 Å². The predicted molar refractivity (Wildman–Crippen MR) is 77.3 cm³/mol. The quantitative estimate of drug-likeness (QED) is 0.865. The zero-order valence-electron chi connectivity index (χ0n) is 12.2. The van der Waals surface area contributed by atoms with Crippen LogP contribution in [0.25, 0.3) is 0 Å². The number of nitrogens with one attached hydrogen (secondary N) is 1. The van der Waals surface area contributed by atoms with Gasteiger partial charge in [0, 0.05) is 38.3 Å². The molecule has 1 aromatic rings. The first-order chi connectivity index (χ1) is 9.78. The third-order valence-corrected chi connectivity index (χ3v) is 3.73. The standard InChI is InChI=1S/C15H23FN2O2/c1-19-13-9-12(10-14(11-13)20-2)15(3-4-16)18-7-5-17-6-8-18/h9-11,15,17H,3-8H2,1-2H3/t15-/m0/s1. The number of hydrogen-bond donors (Lipinski definition) is 1. The molecule has 2 rings (SSSR count). The number of benzene rings is 1. The monoisotopic (exact) mass is 282 g/mol. The highest BCUT2D eigenvalue weighted by molar-refractivity contribution is 5.40. The largest absolute Gasteiger partial charge is 0.497 e. The van der Waals surface area contributed by atoms with Crippen molar-refractivity contribution in [2.45, 2.75) is 12.5 Å². The minimum Gasteiger partial charge on any atom is -0.497 e. The lowest BCUT2D eigenvalue weighted by atomic mass is 10.0. The van der Waals surface area contributed by atoms with E-state index in [4.69, 9.17) is 9.47 Å². The van der Waals surface area contributed by atoms with E-state index >= 15 is 0 Å². The lowest BCUT2D eigenvalue weighted by molar-refractivity contribution is 0.157. The molecule has 0 bridgehead atoms. The maximum Gasteiger partial charge on any atom is 0.122 e. The van der Waals surface area contributed by atoms with Crippen molar-refractivity contribution in [2.75, 3.05) is 47.1 Å². The molecule has 0 radical (unpaired) electrons. The molecular weight excluding hydrogens is 259 g/mol. The summed E-state index contributed by atoms with van der Waals surface area (Å²) in [7, 11) is 3.26. The molecule has 20 heavy (non-hydrogen) atoms. The normalized spacial score (nSPS) is 17.8. The summed E-state index contributed by atoms with van der Waals surface area (Å²) >= 11 is 0. The molecule has 0 aliphatic carbocycles. The van der Waals surface area contributed by atoms with Gasteiger partial charge < -0.3 is 14.8 Å². The van der Waals surface area contributed by atoms with E-state index in [1.54, 1.807) is 14.2 Å². The van der Waals surface area contributed by atoms with Crippen LogP contribution in [0.2, 0.25) is 0 Å². The molecule has 4 nitrogen and oxygen atoms in total. The number of halogens is 1. The van der Waals surface area contributed by atoms with E-state index in [-0.39, 0.29) is 12.7 Å². The van der Waals surface area contributed by atoms with Crippen LogP contribution in [0.15, 0.2) is 18.2 Å². The van der Waals surface area contributed by atoms with Gasteiger partial charge in [0.25, 0.3) is 0 Å². The van der Waals surface area contributed by atoms with E-state index in [1.807, 2.05) is 18.2 Å². The van der Waals surface area contributed by atoms with Gasteiger partial charge in [-0.1, -0.05) is 0 Å². The number of nitrogens with zero attached hydrogens (tertiary/aromatic N) is 1. The lowest BCUT2D eigenvalue weighted by Crippen LogP contribution is -2.45. The van der Waals surface area contributed by atoms with Gasteiger partial charge in [-0.2, -0.15) is 0 Å². The van der Waals surface area contributed by atoms with Crippen molar-refractivity contribution in [2.24, 2.45) is 0 Å². The molecule has 1 fully saturated rings. The topological polar surface area (TPSA) is 33.7 Å². The van der Waals surface area contributed by atoms with Crippen molar-refractivity contribution in [1.29, 1.82) is 0 Å². The first-order valence-electron chi connectivity index (χ1n) is 7.02. The Kier molecular flexibility index (Phi) is 5.61. The van der Waals surface area contributed by atoms with Gasteiger partial charge >= 0.3 is 0 Å². The van der Waals surface area contributed by atoms with Crippen LogP contribution in [0.5, 0.6) is 11.5 Å². The molecule has 112 valence electrons. The van der Waals surface area contributed by atoms with Gasteiger partial charge in [0.05, 0.1) is 20.9 Å². The summed E-state index contributed by atoms with van der Waals surface area (Å²) in [6.07, 6.45) is 0.496. The Bertz CT molecular complexity index is 400. The van der Waals surface area contributed by atoms with Gasteiger partial charge in [0.1, 0.15) is 11.5 Å². The summed E-state index contributed by atoms with van der Waals surface area (Å²) < 4.78 is 23.6. The van der Waals surface area contributed by atoms with Crippen LogP contribution in [0.4, 0.5) is 4.39 Å². The molecule has 0 unspecified atom stereocenters. The van der Waals surface area contributed by atoms with Crippen molar-refractivity contribution in [3.8, 4) is 11.5 Å². The Hall–Kier alpha value is -1.33. The smallest absolute Gasteiger partial charge is 0.122 e. The molecule has 5 heteroatoms. The van der Waals surface area contributed by atoms with Gasteiger partial charge in [-0.3, -0.25) is 9.29 Å². The number of piperazine rings is 1.